The molecule has 19 heavy (non-hydrogen) atoms. The highest BCUT2D eigenvalue weighted by atomic mass is 32.2. The van der Waals surface area contributed by atoms with Crippen molar-refractivity contribution >= 4 is 32.9 Å². The Balaban J connectivity index is 2.36. The van der Waals surface area contributed by atoms with Crippen LogP contribution in [0.25, 0.3) is 0 Å². The van der Waals surface area contributed by atoms with Crippen molar-refractivity contribution in [1.82, 2.24) is 4.98 Å². The lowest BCUT2D eigenvalue weighted by atomic mass is 10.1. The number of pyridine rings is 1. The molecule has 5 nitrogen and oxygen atoms in total. The Morgan fingerprint density at radius 2 is 2.21 bits per heavy atom. The van der Waals surface area contributed by atoms with Crippen LogP contribution in [-0.2, 0) is 9.84 Å². The van der Waals surface area contributed by atoms with E-state index in [0.717, 1.165) is 5.69 Å². The van der Waals surface area contributed by atoms with E-state index in [9.17, 15) is 8.42 Å². The first-order valence-electron chi connectivity index (χ1n) is 6.01. The zero-order valence-corrected chi connectivity index (χ0v) is 12.6. The molecule has 1 saturated heterocycles. The molecule has 2 heterocycles. The van der Waals surface area contributed by atoms with Crippen molar-refractivity contribution in [3.63, 3.8) is 0 Å². The standard InChI is InChI=1S/C12H17N3O2S2/c1-8-3-4-10(11(13)18)12(14-8)15(2)9-5-6-19(16,17)7-9/h3-4,9H,5-7H2,1-2H3,(H2,13,18). The summed E-state index contributed by atoms with van der Waals surface area (Å²) < 4.78 is 23.1. The lowest BCUT2D eigenvalue weighted by Crippen LogP contribution is -2.35. The third kappa shape index (κ3) is 3.03. The fraction of sp³-hybridized carbons (Fsp3) is 0.500. The minimum Gasteiger partial charge on any atom is -0.389 e. The van der Waals surface area contributed by atoms with Crippen molar-refractivity contribution in [3.8, 4) is 0 Å². The van der Waals surface area contributed by atoms with Crippen LogP contribution in [0, 0.1) is 6.92 Å². The molecule has 0 radical (unpaired) electrons. The number of hydrogen-bond acceptors (Lipinski definition) is 5. The minimum atomic E-state index is -2.93. The topological polar surface area (TPSA) is 76.3 Å². The summed E-state index contributed by atoms with van der Waals surface area (Å²) in [6, 6.07) is 3.62. The molecule has 1 aliphatic rings. The molecule has 1 aromatic heterocycles. The van der Waals surface area contributed by atoms with E-state index < -0.39 is 9.84 Å². The number of thiocarbonyl (C=S) groups is 1. The van der Waals surface area contributed by atoms with E-state index in [4.69, 9.17) is 18.0 Å². The molecule has 2 rings (SSSR count). The number of anilines is 1. The van der Waals surface area contributed by atoms with E-state index >= 15 is 0 Å². The molecular formula is C12H17N3O2S2. The van der Waals surface area contributed by atoms with E-state index in [1.807, 2.05) is 31.0 Å². The third-order valence-electron chi connectivity index (χ3n) is 3.37. The summed E-state index contributed by atoms with van der Waals surface area (Å²) in [4.78, 5) is 6.60. The van der Waals surface area contributed by atoms with Crippen molar-refractivity contribution in [2.75, 3.05) is 23.5 Å². The fourth-order valence-electron chi connectivity index (χ4n) is 2.26. The summed E-state index contributed by atoms with van der Waals surface area (Å²) in [6.07, 6.45) is 0.616. The van der Waals surface area contributed by atoms with Crippen LogP contribution in [0.5, 0.6) is 0 Å². The summed E-state index contributed by atoms with van der Waals surface area (Å²) in [6.45, 7) is 1.88. The zero-order chi connectivity index (χ0) is 14.2. The molecule has 0 amide bonds. The van der Waals surface area contributed by atoms with Crippen LogP contribution in [0.4, 0.5) is 5.82 Å². The van der Waals surface area contributed by atoms with Gasteiger partial charge in [0, 0.05) is 18.8 Å². The lowest BCUT2D eigenvalue weighted by molar-refractivity contribution is 0.600. The predicted octanol–water partition coefficient (Wildman–Crippen LogP) is 0.648. The van der Waals surface area contributed by atoms with Crippen molar-refractivity contribution in [2.45, 2.75) is 19.4 Å². The molecule has 0 spiro atoms. The average molecular weight is 299 g/mol. The molecule has 0 saturated carbocycles. The van der Waals surface area contributed by atoms with Gasteiger partial charge in [-0.1, -0.05) is 12.2 Å². The molecule has 1 unspecified atom stereocenters. The fourth-order valence-corrected chi connectivity index (χ4v) is 4.19. The molecule has 0 aromatic carbocycles. The van der Waals surface area contributed by atoms with Crippen LogP contribution in [0.2, 0.25) is 0 Å². The Morgan fingerprint density at radius 3 is 2.74 bits per heavy atom. The maximum absolute atomic E-state index is 11.6. The number of hydrogen-bond donors (Lipinski definition) is 1. The Bertz CT molecular complexity index is 613. The highest BCUT2D eigenvalue weighted by molar-refractivity contribution is 7.91. The van der Waals surface area contributed by atoms with Crippen LogP contribution in [0.1, 0.15) is 17.7 Å². The number of aryl methyl sites for hydroxylation is 1. The highest BCUT2D eigenvalue weighted by Gasteiger charge is 2.32. The normalized spacial score (nSPS) is 21.3. The van der Waals surface area contributed by atoms with Crippen LogP contribution < -0.4 is 10.6 Å². The number of rotatable bonds is 3. The van der Waals surface area contributed by atoms with Crippen LogP contribution in [-0.4, -0.2) is 43.0 Å². The predicted molar refractivity (Wildman–Crippen MR) is 80.3 cm³/mol. The SMILES string of the molecule is Cc1ccc(C(N)=S)c(N(C)C2CCS(=O)(=O)C2)n1. The molecule has 1 fully saturated rings. The first-order chi connectivity index (χ1) is 8.80. The molecule has 104 valence electrons. The van der Waals surface area contributed by atoms with Gasteiger partial charge in [-0.05, 0) is 25.5 Å². The van der Waals surface area contributed by atoms with Gasteiger partial charge in [0.25, 0.3) is 0 Å². The van der Waals surface area contributed by atoms with Gasteiger partial charge < -0.3 is 10.6 Å². The van der Waals surface area contributed by atoms with E-state index in [2.05, 4.69) is 4.98 Å². The second kappa shape index (κ2) is 5.05. The van der Waals surface area contributed by atoms with Gasteiger partial charge in [0.15, 0.2) is 9.84 Å². The van der Waals surface area contributed by atoms with Gasteiger partial charge in [-0.25, -0.2) is 13.4 Å². The van der Waals surface area contributed by atoms with E-state index in [0.29, 0.717) is 17.8 Å². The van der Waals surface area contributed by atoms with Crippen LogP contribution in [0.15, 0.2) is 12.1 Å². The van der Waals surface area contributed by atoms with Gasteiger partial charge in [-0.3, -0.25) is 0 Å². The molecule has 1 aliphatic heterocycles. The summed E-state index contributed by atoms with van der Waals surface area (Å²) in [7, 11) is -1.08. The van der Waals surface area contributed by atoms with Gasteiger partial charge in [-0.15, -0.1) is 0 Å². The summed E-state index contributed by atoms with van der Waals surface area (Å²) in [5, 5.41) is 0. The largest absolute Gasteiger partial charge is 0.389 e. The quantitative estimate of drug-likeness (QED) is 0.826. The molecule has 0 aliphatic carbocycles. The summed E-state index contributed by atoms with van der Waals surface area (Å²) >= 11 is 5.02. The van der Waals surface area contributed by atoms with Crippen molar-refractivity contribution in [2.24, 2.45) is 5.73 Å². The van der Waals surface area contributed by atoms with Gasteiger partial charge in [0.05, 0.1) is 17.1 Å². The second-order valence-corrected chi connectivity index (χ2v) is 7.52. The van der Waals surface area contributed by atoms with Gasteiger partial charge in [0.2, 0.25) is 0 Å². The maximum Gasteiger partial charge on any atom is 0.152 e. The number of nitrogens with two attached hydrogens (primary N) is 1. The van der Waals surface area contributed by atoms with Gasteiger partial charge in [-0.2, -0.15) is 0 Å². The summed E-state index contributed by atoms with van der Waals surface area (Å²) in [5.41, 5.74) is 7.24. The highest BCUT2D eigenvalue weighted by Crippen LogP contribution is 2.24. The van der Waals surface area contributed by atoms with E-state index in [1.165, 1.54) is 0 Å². The second-order valence-electron chi connectivity index (χ2n) is 4.86. The Hall–Kier alpha value is -1.21. The van der Waals surface area contributed by atoms with Crippen molar-refractivity contribution in [3.05, 3.63) is 23.4 Å². The number of sulfone groups is 1. The Kier molecular flexibility index (Phi) is 3.78. The maximum atomic E-state index is 11.6. The molecule has 7 heteroatoms. The smallest absolute Gasteiger partial charge is 0.152 e. The number of nitrogens with zero attached hydrogens (tertiary/aromatic N) is 2. The van der Waals surface area contributed by atoms with Crippen molar-refractivity contribution in [1.29, 1.82) is 0 Å². The van der Waals surface area contributed by atoms with Gasteiger partial charge >= 0.3 is 0 Å². The summed E-state index contributed by atoms with van der Waals surface area (Å²) in [5.74, 6) is 1.06. The van der Waals surface area contributed by atoms with E-state index in [1.54, 1.807) is 0 Å². The van der Waals surface area contributed by atoms with Crippen molar-refractivity contribution < 1.29 is 8.42 Å². The first kappa shape index (κ1) is 14.2. The minimum absolute atomic E-state index is 0.0626. The van der Waals surface area contributed by atoms with Crippen LogP contribution >= 0.6 is 12.2 Å². The van der Waals surface area contributed by atoms with Gasteiger partial charge in [0.1, 0.15) is 10.8 Å². The molecule has 1 aromatic rings. The Morgan fingerprint density at radius 1 is 1.53 bits per heavy atom. The molecular weight excluding hydrogens is 282 g/mol. The third-order valence-corrected chi connectivity index (χ3v) is 5.34. The molecule has 0 bridgehead atoms. The lowest BCUT2D eigenvalue weighted by Gasteiger charge is -2.26. The molecule has 2 N–H and O–H groups in total. The number of aromatic nitrogens is 1. The zero-order valence-electron chi connectivity index (χ0n) is 11.0. The molecule has 1 atom stereocenters. The monoisotopic (exact) mass is 299 g/mol. The average Bonchev–Trinajstić information content (AvgIpc) is 2.68. The van der Waals surface area contributed by atoms with Crippen LogP contribution in [0.3, 0.4) is 0 Å². The van der Waals surface area contributed by atoms with E-state index in [-0.39, 0.29) is 22.5 Å². The Labute approximate surface area is 118 Å². The first-order valence-corrected chi connectivity index (χ1v) is 8.24.